The lowest BCUT2D eigenvalue weighted by atomic mass is 10.0. The number of hydrogen-bond donors (Lipinski definition) is 0. The van der Waals surface area contributed by atoms with Crippen LogP contribution in [0.2, 0.25) is 0 Å². The van der Waals surface area contributed by atoms with Crippen LogP contribution in [0.3, 0.4) is 0 Å². The van der Waals surface area contributed by atoms with Gasteiger partial charge in [0.2, 0.25) is 0 Å². The maximum atomic E-state index is 13.6. The molecule has 2 amide bonds. The predicted octanol–water partition coefficient (Wildman–Crippen LogP) is 3.28. The summed E-state index contributed by atoms with van der Waals surface area (Å²) in [7, 11) is 0. The van der Waals surface area contributed by atoms with Crippen molar-refractivity contribution in [1.82, 2.24) is 39.8 Å². The van der Waals surface area contributed by atoms with Crippen molar-refractivity contribution in [3.05, 3.63) is 56.4 Å². The fourth-order valence-corrected chi connectivity index (χ4v) is 5.81. The van der Waals surface area contributed by atoms with Crippen LogP contribution in [0.4, 0.5) is 4.79 Å². The molecule has 0 radical (unpaired) electrons. The number of nitrogens with zero attached hydrogens (tertiary/aromatic N) is 8. The molecule has 4 aromatic heterocycles. The molecule has 0 saturated carbocycles. The minimum Gasteiger partial charge on any atom is -0.315 e. The summed E-state index contributed by atoms with van der Waals surface area (Å²) in [6, 6.07) is 4.22. The standard InChI is InChI=1S/C21H22N8OS2/c1-13-7-19-17(22-24-28(19)15-3-5-31-11-15)9-26(13)21(30)27-10-18-20(8-14(27)2)29(25-23-18)16-4-6-32-12-16/h3-6,11-14H,7-10H2,1-2H3. The van der Waals surface area contributed by atoms with Crippen LogP contribution in [-0.4, -0.2) is 57.9 Å². The first-order chi connectivity index (χ1) is 15.6. The molecule has 0 bridgehead atoms. The van der Waals surface area contributed by atoms with Gasteiger partial charge in [-0.05, 0) is 36.7 Å². The third-order valence-corrected chi connectivity index (χ3v) is 7.70. The van der Waals surface area contributed by atoms with Gasteiger partial charge in [-0.3, -0.25) is 0 Å². The van der Waals surface area contributed by atoms with E-state index >= 15 is 0 Å². The zero-order chi connectivity index (χ0) is 21.8. The lowest BCUT2D eigenvalue weighted by Gasteiger charge is -2.40. The van der Waals surface area contributed by atoms with Crippen molar-refractivity contribution < 1.29 is 4.79 Å². The van der Waals surface area contributed by atoms with E-state index < -0.39 is 0 Å². The summed E-state index contributed by atoms with van der Waals surface area (Å²) in [4.78, 5) is 17.4. The van der Waals surface area contributed by atoms with Crippen LogP contribution < -0.4 is 0 Å². The van der Waals surface area contributed by atoms with Crippen molar-refractivity contribution in [2.24, 2.45) is 0 Å². The number of carbonyl (C=O) groups excluding carboxylic acids is 1. The second kappa shape index (κ2) is 7.52. The number of hydrogen-bond acceptors (Lipinski definition) is 7. The fraction of sp³-hybridized carbons (Fsp3) is 0.381. The summed E-state index contributed by atoms with van der Waals surface area (Å²) in [5.74, 6) is 0. The Hall–Kier alpha value is -3.05. The molecule has 2 atom stereocenters. The van der Waals surface area contributed by atoms with Crippen LogP contribution in [-0.2, 0) is 25.9 Å². The summed E-state index contributed by atoms with van der Waals surface area (Å²) >= 11 is 3.27. The smallest absolute Gasteiger partial charge is 0.315 e. The highest BCUT2D eigenvalue weighted by Crippen LogP contribution is 2.29. The van der Waals surface area contributed by atoms with Gasteiger partial charge >= 0.3 is 6.03 Å². The van der Waals surface area contributed by atoms with E-state index in [1.807, 2.05) is 42.1 Å². The number of urea groups is 1. The van der Waals surface area contributed by atoms with Crippen molar-refractivity contribution in [3.8, 4) is 11.4 Å². The average Bonchev–Trinajstić information content (AvgIpc) is 3.58. The zero-order valence-electron chi connectivity index (χ0n) is 17.7. The van der Waals surface area contributed by atoms with Crippen LogP contribution in [0.25, 0.3) is 11.4 Å². The third-order valence-electron chi connectivity index (χ3n) is 6.36. The number of amides is 2. The summed E-state index contributed by atoms with van der Waals surface area (Å²) in [5, 5.41) is 25.7. The molecule has 2 aliphatic rings. The van der Waals surface area contributed by atoms with Crippen LogP contribution >= 0.6 is 22.7 Å². The quantitative estimate of drug-likeness (QED) is 0.453. The van der Waals surface area contributed by atoms with E-state index in [0.29, 0.717) is 13.1 Å². The van der Waals surface area contributed by atoms with E-state index in [1.165, 1.54) is 0 Å². The summed E-state index contributed by atoms with van der Waals surface area (Å²) in [5.41, 5.74) is 5.98. The highest BCUT2D eigenvalue weighted by atomic mass is 32.1. The Morgan fingerprint density at radius 2 is 1.31 bits per heavy atom. The lowest BCUT2D eigenvalue weighted by Crippen LogP contribution is -2.53. The van der Waals surface area contributed by atoms with Crippen LogP contribution in [0.1, 0.15) is 36.6 Å². The van der Waals surface area contributed by atoms with Gasteiger partial charge in [0.15, 0.2) is 0 Å². The molecule has 0 saturated heterocycles. The Morgan fingerprint density at radius 1 is 0.844 bits per heavy atom. The Labute approximate surface area is 192 Å². The molecule has 6 heterocycles. The molecule has 6 rings (SSSR count). The summed E-state index contributed by atoms with van der Waals surface area (Å²) in [6.07, 6.45) is 1.46. The van der Waals surface area contributed by atoms with Crippen LogP contribution in [0.15, 0.2) is 33.7 Å². The van der Waals surface area contributed by atoms with Gasteiger partial charge in [0.1, 0.15) is 11.4 Å². The van der Waals surface area contributed by atoms with Crippen molar-refractivity contribution >= 4 is 28.7 Å². The molecule has 164 valence electrons. The molecule has 4 aromatic rings. The molecule has 0 spiro atoms. The molecule has 9 nitrogen and oxygen atoms in total. The van der Waals surface area contributed by atoms with Crippen molar-refractivity contribution in [3.63, 3.8) is 0 Å². The number of aromatic nitrogens is 6. The predicted molar refractivity (Wildman–Crippen MR) is 121 cm³/mol. The molecular formula is C21H22N8OS2. The Balaban J connectivity index is 1.24. The van der Waals surface area contributed by atoms with Gasteiger partial charge in [0.25, 0.3) is 0 Å². The van der Waals surface area contributed by atoms with Gasteiger partial charge in [0, 0.05) is 35.7 Å². The molecule has 0 aromatic carbocycles. The summed E-state index contributed by atoms with van der Waals surface area (Å²) < 4.78 is 3.81. The number of rotatable bonds is 2. The van der Waals surface area contributed by atoms with Gasteiger partial charge in [-0.25, -0.2) is 14.2 Å². The second-order valence-corrected chi connectivity index (χ2v) is 9.96. The SMILES string of the molecule is CC1Cc2c(nnn2-c2ccsc2)CN1C(=O)N1Cc2nnn(-c3ccsc3)c2CC1C. The topological polar surface area (TPSA) is 85.0 Å². The van der Waals surface area contributed by atoms with Crippen molar-refractivity contribution in [2.75, 3.05) is 0 Å². The number of fused-ring (bicyclic) bond motifs is 2. The van der Waals surface area contributed by atoms with E-state index in [-0.39, 0.29) is 18.1 Å². The lowest BCUT2D eigenvalue weighted by molar-refractivity contribution is 0.105. The van der Waals surface area contributed by atoms with Gasteiger partial charge in [0.05, 0.1) is 35.9 Å². The summed E-state index contributed by atoms with van der Waals surface area (Å²) in [6.45, 7) is 5.13. The minimum atomic E-state index is 0.0245. The monoisotopic (exact) mass is 466 g/mol. The van der Waals surface area contributed by atoms with Crippen LogP contribution in [0.5, 0.6) is 0 Å². The molecule has 0 aliphatic carbocycles. The van der Waals surface area contributed by atoms with E-state index in [9.17, 15) is 4.79 Å². The number of thiophene rings is 2. The number of carbonyl (C=O) groups is 1. The first-order valence-corrected chi connectivity index (χ1v) is 12.5. The Bertz CT molecular complexity index is 1160. The second-order valence-electron chi connectivity index (χ2n) is 8.40. The van der Waals surface area contributed by atoms with Crippen molar-refractivity contribution in [2.45, 2.75) is 51.9 Å². The van der Waals surface area contributed by atoms with E-state index in [4.69, 9.17) is 0 Å². The van der Waals surface area contributed by atoms with Gasteiger partial charge in [-0.2, -0.15) is 22.7 Å². The Kier molecular flexibility index (Phi) is 4.61. The largest absolute Gasteiger partial charge is 0.321 e. The van der Waals surface area contributed by atoms with Gasteiger partial charge in [-0.1, -0.05) is 10.4 Å². The highest BCUT2D eigenvalue weighted by Gasteiger charge is 2.38. The molecule has 0 fully saturated rings. The maximum absolute atomic E-state index is 13.6. The molecule has 0 N–H and O–H groups in total. The first kappa shape index (κ1) is 19.6. The molecule has 32 heavy (non-hydrogen) atoms. The van der Waals surface area contributed by atoms with Crippen molar-refractivity contribution in [1.29, 1.82) is 0 Å². The van der Waals surface area contributed by atoms with E-state index in [0.717, 1.165) is 47.0 Å². The molecular weight excluding hydrogens is 444 g/mol. The maximum Gasteiger partial charge on any atom is 0.321 e. The van der Waals surface area contributed by atoms with Gasteiger partial charge < -0.3 is 9.80 Å². The highest BCUT2D eigenvalue weighted by molar-refractivity contribution is 7.08. The Morgan fingerprint density at radius 3 is 1.72 bits per heavy atom. The fourth-order valence-electron chi connectivity index (χ4n) is 4.58. The molecule has 2 unspecified atom stereocenters. The van der Waals surface area contributed by atoms with E-state index in [2.05, 4.69) is 45.2 Å². The first-order valence-electron chi connectivity index (χ1n) is 10.6. The normalized spacial score (nSPS) is 20.3. The third kappa shape index (κ3) is 3.06. The molecule has 2 aliphatic heterocycles. The van der Waals surface area contributed by atoms with Gasteiger partial charge in [-0.15, -0.1) is 10.2 Å². The van der Waals surface area contributed by atoms with Crippen LogP contribution in [0, 0.1) is 0 Å². The minimum absolute atomic E-state index is 0.0245. The zero-order valence-corrected chi connectivity index (χ0v) is 19.4. The average molecular weight is 467 g/mol. The van der Waals surface area contributed by atoms with E-state index in [1.54, 1.807) is 22.7 Å². The molecule has 11 heteroatoms.